The van der Waals surface area contributed by atoms with Crippen LogP contribution >= 0.6 is 0 Å². The average molecular weight is 719 g/mol. The lowest BCUT2D eigenvalue weighted by Gasteiger charge is -2.18. The Labute approximate surface area is 309 Å². The number of carboxylic acids is 1. The van der Waals surface area contributed by atoms with Gasteiger partial charge in [-0.1, -0.05) is 103 Å². The maximum atomic E-state index is 10.5. The van der Waals surface area contributed by atoms with Crippen molar-refractivity contribution in [2.24, 2.45) is 0 Å². The minimum absolute atomic E-state index is 0.124. The average Bonchev–Trinajstić information content (AvgIpc) is 3.59. The van der Waals surface area contributed by atoms with Crippen molar-refractivity contribution in [1.29, 1.82) is 0 Å². The van der Waals surface area contributed by atoms with Crippen LogP contribution in [-0.4, -0.2) is 104 Å². The number of aromatic nitrogens is 2. The number of carbonyl (C=O) groups excluding carboxylic acids is 1. The number of nitrogens with zero attached hydrogens (tertiary/aromatic N) is 4. The molecule has 0 saturated heterocycles. The first-order chi connectivity index (χ1) is 25.2. The molecule has 11 nitrogen and oxygen atoms in total. The lowest BCUT2D eigenvalue weighted by Crippen LogP contribution is -2.30. The van der Waals surface area contributed by atoms with Crippen LogP contribution in [0.15, 0.2) is 30.9 Å². The van der Waals surface area contributed by atoms with Gasteiger partial charge in [-0.15, -0.1) is 0 Å². The Morgan fingerprint density at radius 3 is 1.90 bits per heavy atom. The second-order valence-corrected chi connectivity index (χ2v) is 13.5. The third kappa shape index (κ3) is 27.7. The van der Waals surface area contributed by atoms with E-state index >= 15 is 0 Å². The summed E-state index contributed by atoms with van der Waals surface area (Å²) in [7, 11) is 0. The summed E-state index contributed by atoms with van der Waals surface area (Å²) in [5, 5.41) is 10.5. The van der Waals surface area contributed by atoms with E-state index < -0.39 is 5.97 Å². The van der Waals surface area contributed by atoms with Crippen LogP contribution in [0.3, 0.4) is 0 Å². The van der Waals surface area contributed by atoms with E-state index in [1.807, 2.05) is 12.4 Å². The van der Waals surface area contributed by atoms with Gasteiger partial charge in [0.25, 0.3) is 0 Å². The normalized spacial score (nSPS) is 14.1. The van der Waals surface area contributed by atoms with Crippen LogP contribution in [0.2, 0.25) is 0 Å². The highest BCUT2D eigenvalue weighted by Crippen LogP contribution is 2.14. The van der Waals surface area contributed by atoms with Gasteiger partial charge in [-0.3, -0.25) is 0 Å². The molecule has 2 heterocycles. The second kappa shape index (κ2) is 33.3. The molecule has 0 fully saturated rings. The van der Waals surface area contributed by atoms with Crippen LogP contribution in [0.1, 0.15) is 135 Å². The standard InChI is InChI=1S/C40H70N4O7/c1-2-3-4-5-6-7-8-9-10-11-12-13-14-15-16-20-29-49-35-38(51-40-41-23-21-24-42-40)36-50-34-33-48-32-31-47-30-28-44-27-26-43(37-44)25-19-17-18-22-39(45)46/h21,23-27,38H,2-20,22,28-37H2,1H3. The van der Waals surface area contributed by atoms with Gasteiger partial charge in [0, 0.05) is 37.9 Å². The summed E-state index contributed by atoms with van der Waals surface area (Å²) in [5.74, 6) is -0.980. The summed E-state index contributed by atoms with van der Waals surface area (Å²) in [5.41, 5.74) is 0. The molecular formula is C40H70N4O7. The van der Waals surface area contributed by atoms with Gasteiger partial charge in [-0.25, -0.2) is 9.97 Å². The number of rotatable bonds is 37. The number of hydrogen-bond acceptors (Lipinski definition) is 10. The van der Waals surface area contributed by atoms with E-state index in [-0.39, 0.29) is 12.5 Å². The Morgan fingerprint density at radius 1 is 0.745 bits per heavy atom. The highest BCUT2D eigenvalue weighted by molar-refractivity contribution is 5.64. The number of aliphatic carboxylic acids is 1. The van der Waals surface area contributed by atoms with Gasteiger partial charge in [-0.2, -0.15) is 4.58 Å². The maximum Gasteiger partial charge on any atom is 0.316 e. The molecule has 1 aromatic heterocycles. The van der Waals surface area contributed by atoms with E-state index in [1.54, 1.807) is 18.5 Å². The van der Waals surface area contributed by atoms with E-state index in [4.69, 9.17) is 23.7 Å². The summed E-state index contributed by atoms with van der Waals surface area (Å²) in [6.07, 6.45) is 33.4. The molecular weight excluding hydrogens is 648 g/mol. The first kappa shape index (κ1) is 44.6. The fraction of sp³-hybridized carbons (Fsp3) is 0.800. The number of ether oxygens (including phenoxy) is 5. The molecule has 1 aliphatic heterocycles. The van der Waals surface area contributed by atoms with Crippen LogP contribution in [-0.2, 0) is 23.7 Å². The van der Waals surface area contributed by atoms with Crippen LogP contribution in [0, 0.1) is 0 Å². The molecule has 0 aromatic carbocycles. The fourth-order valence-electron chi connectivity index (χ4n) is 5.83. The van der Waals surface area contributed by atoms with E-state index in [0.29, 0.717) is 58.7 Å². The lowest BCUT2D eigenvalue weighted by atomic mass is 10.0. The van der Waals surface area contributed by atoms with Crippen LogP contribution in [0.4, 0.5) is 0 Å². The summed E-state index contributed by atoms with van der Waals surface area (Å²) in [4.78, 5) is 21.0. The second-order valence-electron chi connectivity index (χ2n) is 13.5. The first-order valence-electron chi connectivity index (χ1n) is 20.1. The molecule has 1 unspecified atom stereocenters. The minimum Gasteiger partial charge on any atom is -0.550 e. The fourth-order valence-corrected chi connectivity index (χ4v) is 5.83. The number of carboxylic acid groups (broad SMARTS) is 1. The van der Waals surface area contributed by atoms with Crippen molar-refractivity contribution in [2.75, 3.05) is 66.1 Å². The lowest BCUT2D eigenvalue weighted by molar-refractivity contribution is -0.460. The molecule has 292 valence electrons. The molecule has 0 aliphatic carbocycles. The zero-order valence-electron chi connectivity index (χ0n) is 31.9. The van der Waals surface area contributed by atoms with Crippen molar-refractivity contribution < 1.29 is 38.2 Å². The molecule has 0 bridgehead atoms. The highest BCUT2D eigenvalue weighted by Gasteiger charge is 2.15. The predicted octanol–water partition coefficient (Wildman–Crippen LogP) is 6.69. The molecule has 0 N–H and O–H groups in total. The van der Waals surface area contributed by atoms with Gasteiger partial charge in [-0.05, 0) is 31.7 Å². The summed E-state index contributed by atoms with van der Waals surface area (Å²) in [6, 6.07) is 2.09. The summed E-state index contributed by atoms with van der Waals surface area (Å²) in [6.45, 7) is 7.94. The van der Waals surface area contributed by atoms with Gasteiger partial charge < -0.3 is 38.5 Å². The Hall–Kier alpha value is -2.60. The predicted molar refractivity (Wildman–Crippen MR) is 200 cm³/mol. The number of hydrogen-bond donors (Lipinski definition) is 0. The Kier molecular flexibility index (Phi) is 29.1. The molecule has 0 saturated carbocycles. The zero-order chi connectivity index (χ0) is 36.3. The van der Waals surface area contributed by atoms with Crippen molar-refractivity contribution in [1.82, 2.24) is 14.9 Å². The number of unbranched alkanes of at least 4 members (excludes halogenated alkanes) is 17. The summed E-state index contributed by atoms with van der Waals surface area (Å²) < 4.78 is 31.2. The summed E-state index contributed by atoms with van der Waals surface area (Å²) >= 11 is 0. The Balaban J connectivity index is 1.41. The monoisotopic (exact) mass is 719 g/mol. The van der Waals surface area contributed by atoms with Gasteiger partial charge in [0.1, 0.15) is 12.3 Å². The van der Waals surface area contributed by atoms with Gasteiger partial charge in [0.15, 0.2) is 6.20 Å². The molecule has 0 radical (unpaired) electrons. The van der Waals surface area contributed by atoms with E-state index in [1.165, 1.54) is 96.3 Å². The van der Waals surface area contributed by atoms with Crippen molar-refractivity contribution in [2.45, 2.75) is 141 Å². The number of carbonyl (C=O) groups is 1. The molecule has 2 rings (SSSR count). The topological polar surface area (TPSA) is 118 Å². The Bertz CT molecular complexity index is 998. The maximum absolute atomic E-state index is 10.5. The van der Waals surface area contributed by atoms with Crippen molar-refractivity contribution >= 4 is 12.2 Å². The highest BCUT2D eigenvalue weighted by atomic mass is 16.6. The van der Waals surface area contributed by atoms with Crippen LogP contribution in [0.25, 0.3) is 0 Å². The van der Waals surface area contributed by atoms with Crippen LogP contribution < -0.4 is 9.84 Å². The molecule has 1 aliphatic rings. The quantitative estimate of drug-likeness (QED) is 0.0544. The molecule has 51 heavy (non-hydrogen) atoms. The third-order valence-electron chi connectivity index (χ3n) is 8.84. The van der Waals surface area contributed by atoms with Crippen LogP contribution in [0.5, 0.6) is 6.01 Å². The van der Waals surface area contributed by atoms with Gasteiger partial charge in [0.05, 0.1) is 52.4 Å². The van der Waals surface area contributed by atoms with E-state index in [9.17, 15) is 9.90 Å². The third-order valence-corrected chi connectivity index (χ3v) is 8.84. The first-order valence-corrected chi connectivity index (χ1v) is 20.1. The molecule has 1 atom stereocenters. The molecule has 0 spiro atoms. The van der Waals surface area contributed by atoms with Crippen molar-refractivity contribution in [3.8, 4) is 6.01 Å². The molecule has 0 amide bonds. The van der Waals surface area contributed by atoms with Gasteiger partial charge in [0.2, 0.25) is 6.67 Å². The molecule has 11 heteroatoms. The minimum atomic E-state index is -0.980. The SMILES string of the molecule is CCCCCCCCCCCCCCCCCCOCC(COCCOCCOCCN1C=C[N+](=CCCCCC(=O)[O-])C1)Oc1ncccn1. The van der Waals surface area contributed by atoms with Crippen molar-refractivity contribution in [3.05, 3.63) is 30.9 Å². The van der Waals surface area contributed by atoms with E-state index in [2.05, 4.69) is 32.6 Å². The van der Waals surface area contributed by atoms with E-state index in [0.717, 1.165) is 39.1 Å². The Morgan fingerprint density at radius 2 is 1.29 bits per heavy atom. The van der Waals surface area contributed by atoms with Gasteiger partial charge >= 0.3 is 6.01 Å². The smallest absolute Gasteiger partial charge is 0.316 e. The zero-order valence-corrected chi connectivity index (χ0v) is 31.9. The largest absolute Gasteiger partial charge is 0.550 e. The molecule has 1 aromatic rings. The van der Waals surface area contributed by atoms with Crippen molar-refractivity contribution in [3.63, 3.8) is 0 Å².